The van der Waals surface area contributed by atoms with Crippen LogP contribution in [-0.4, -0.2) is 24.9 Å². The van der Waals surface area contributed by atoms with Crippen molar-refractivity contribution in [2.75, 3.05) is 0 Å². The Hall–Kier alpha value is -1.96. The van der Waals surface area contributed by atoms with Gasteiger partial charge in [0.15, 0.2) is 0 Å². The van der Waals surface area contributed by atoms with Crippen LogP contribution in [0, 0.1) is 0 Å². The molecule has 0 aliphatic heterocycles. The molecule has 2 N–H and O–H groups in total. The van der Waals surface area contributed by atoms with Gasteiger partial charge in [0, 0.05) is 0 Å². The van der Waals surface area contributed by atoms with Crippen molar-refractivity contribution in [3.05, 3.63) is 60.7 Å². The van der Waals surface area contributed by atoms with Gasteiger partial charge in [0.2, 0.25) is 0 Å². The number of H-pyrrole nitrogens is 2. The Labute approximate surface area is 117 Å². The molecule has 0 aliphatic carbocycles. The molecule has 0 atom stereocenters. The fraction of sp³-hybridized carbons (Fsp3) is 0. The first-order chi connectivity index (χ1) is 9.38. The summed E-state index contributed by atoms with van der Waals surface area (Å²) in [6, 6.07) is 21.3. The molecule has 4 aromatic rings. The van der Waals surface area contributed by atoms with E-state index in [1.54, 1.807) is 0 Å². The van der Waals surface area contributed by atoms with Gasteiger partial charge in [0.25, 0.3) is 0 Å². The molecule has 0 fully saturated rings. The van der Waals surface area contributed by atoms with Crippen molar-refractivity contribution in [2.45, 2.75) is 0 Å². The summed E-state index contributed by atoms with van der Waals surface area (Å²) < 4.78 is 2.61. The summed E-state index contributed by atoms with van der Waals surface area (Å²) in [5.74, 6) is 0. The second kappa shape index (κ2) is 4.30. The van der Waals surface area contributed by atoms with E-state index >= 15 is 0 Å². The number of hydrogen-bond acceptors (Lipinski definition) is 0. The van der Waals surface area contributed by atoms with Gasteiger partial charge >= 0.3 is 117 Å². The van der Waals surface area contributed by atoms with Crippen molar-refractivity contribution in [1.29, 1.82) is 0 Å². The molecule has 2 aromatic carbocycles. The minimum atomic E-state index is 0.290. The first-order valence-electron chi connectivity index (χ1n) is 6.22. The van der Waals surface area contributed by atoms with Crippen LogP contribution in [0.4, 0.5) is 0 Å². The van der Waals surface area contributed by atoms with Gasteiger partial charge in [-0.05, 0) is 0 Å². The summed E-state index contributed by atoms with van der Waals surface area (Å²) in [5, 5.41) is 2.57. The van der Waals surface area contributed by atoms with Gasteiger partial charge in [-0.15, -0.1) is 0 Å². The van der Waals surface area contributed by atoms with Crippen LogP contribution in [0.2, 0.25) is 0 Å². The summed E-state index contributed by atoms with van der Waals surface area (Å²) in [5.41, 5.74) is 2.44. The zero-order valence-electron chi connectivity index (χ0n) is 10.2. The average molecular weight is 311 g/mol. The Kier molecular flexibility index (Phi) is 2.47. The molecule has 0 saturated carbocycles. The van der Waals surface area contributed by atoms with Crippen LogP contribution in [0.5, 0.6) is 0 Å². The molecule has 0 amide bonds. The van der Waals surface area contributed by atoms with E-state index in [0.717, 1.165) is 0 Å². The number of aromatic nitrogens is 2. The third-order valence-electron chi connectivity index (χ3n) is 3.23. The van der Waals surface area contributed by atoms with Gasteiger partial charge in [0.1, 0.15) is 0 Å². The summed E-state index contributed by atoms with van der Waals surface area (Å²) >= 11 is 0.290. The van der Waals surface area contributed by atoms with Crippen molar-refractivity contribution >= 4 is 45.9 Å². The molecular formula is C16H12N2Se. The average Bonchev–Trinajstić information content (AvgIpc) is 3.00. The Morgan fingerprint density at radius 1 is 0.632 bits per heavy atom. The normalized spacial score (nSPS) is 11.4. The Morgan fingerprint density at radius 3 is 1.58 bits per heavy atom. The van der Waals surface area contributed by atoms with E-state index in [0.29, 0.717) is 0 Å². The molecule has 0 unspecified atom stereocenters. The van der Waals surface area contributed by atoms with E-state index in [1.807, 2.05) is 0 Å². The number of fused-ring (bicyclic) bond motifs is 2. The predicted molar refractivity (Wildman–Crippen MR) is 81.6 cm³/mol. The molecule has 2 aromatic heterocycles. The fourth-order valence-electron chi connectivity index (χ4n) is 2.32. The molecule has 0 saturated heterocycles. The van der Waals surface area contributed by atoms with E-state index in [4.69, 9.17) is 0 Å². The van der Waals surface area contributed by atoms with Crippen molar-refractivity contribution in [2.24, 2.45) is 0 Å². The molecule has 0 bridgehead atoms. The molecule has 92 valence electrons. The maximum atomic E-state index is 3.50. The summed E-state index contributed by atoms with van der Waals surface area (Å²) in [4.78, 5) is 6.99. The van der Waals surface area contributed by atoms with Crippen LogP contribution < -0.4 is 9.18 Å². The van der Waals surface area contributed by atoms with Crippen molar-refractivity contribution < 1.29 is 0 Å². The number of hydrogen-bond donors (Lipinski definition) is 2. The van der Waals surface area contributed by atoms with Gasteiger partial charge in [-0.3, -0.25) is 0 Å². The van der Waals surface area contributed by atoms with E-state index < -0.39 is 0 Å². The Bertz CT molecular complexity index is 719. The van der Waals surface area contributed by atoms with Crippen LogP contribution >= 0.6 is 0 Å². The Balaban J connectivity index is 1.73. The second-order valence-electron chi connectivity index (χ2n) is 4.54. The van der Waals surface area contributed by atoms with Crippen LogP contribution in [0.15, 0.2) is 60.7 Å². The predicted octanol–water partition coefficient (Wildman–Crippen LogP) is 2.30. The molecule has 19 heavy (non-hydrogen) atoms. The second-order valence-corrected chi connectivity index (χ2v) is 6.82. The van der Waals surface area contributed by atoms with E-state index in [2.05, 4.69) is 70.6 Å². The number of rotatable bonds is 2. The van der Waals surface area contributed by atoms with Crippen molar-refractivity contribution in [3.63, 3.8) is 0 Å². The first kappa shape index (κ1) is 10.9. The minimum absolute atomic E-state index is 0.290. The topological polar surface area (TPSA) is 31.6 Å². The van der Waals surface area contributed by atoms with Crippen LogP contribution in [0.3, 0.4) is 0 Å². The molecule has 2 heterocycles. The van der Waals surface area contributed by atoms with Gasteiger partial charge in [0.05, 0.1) is 0 Å². The van der Waals surface area contributed by atoms with Gasteiger partial charge in [-0.2, -0.15) is 0 Å². The molecular weight excluding hydrogens is 299 g/mol. The first-order valence-corrected chi connectivity index (χ1v) is 7.93. The van der Waals surface area contributed by atoms with Crippen LogP contribution in [-0.2, 0) is 0 Å². The molecule has 3 heteroatoms. The quantitative estimate of drug-likeness (QED) is 0.533. The zero-order chi connectivity index (χ0) is 12.7. The summed E-state index contributed by atoms with van der Waals surface area (Å²) in [6.07, 6.45) is 0. The van der Waals surface area contributed by atoms with Gasteiger partial charge in [-0.1, -0.05) is 0 Å². The third-order valence-corrected chi connectivity index (χ3v) is 5.08. The third kappa shape index (κ3) is 1.97. The molecule has 0 radical (unpaired) electrons. The molecule has 0 spiro atoms. The maximum absolute atomic E-state index is 3.50. The SMILES string of the molecule is c1ccc2[nH]c([Se]c3cc4ccccc4[nH]3)cc2c1. The molecule has 0 aliphatic rings. The number of benzene rings is 2. The fourth-order valence-corrected chi connectivity index (χ4v) is 4.27. The van der Waals surface area contributed by atoms with E-state index in [1.165, 1.54) is 31.0 Å². The number of para-hydroxylation sites is 2. The Morgan fingerprint density at radius 2 is 1.11 bits per heavy atom. The molecule has 4 rings (SSSR count). The van der Waals surface area contributed by atoms with E-state index in [9.17, 15) is 0 Å². The van der Waals surface area contributed by atoms with E-state index in [-0.39, 0.29) is 15.0 Å². The summed E-state index contributed by atoms with van der Waals surface area (Å²) in [7, 11) is 0. The number of aromatic amines is 2. The van der Waals surface area contributed by atoms with Crippen molar-refractivity contribution in [1.82, 2.24) is 9.97 Å². The van der Waals surface area contributed by atoms with Gasteiger partial charge in [-0.25, -0.2) is 0 Å². The summed E-state index contributed by atoms with van der Waals surface area (Å²) in [6.45, 7) is 0. The molecule has 2 nitrogen and oxygen atoms in total. The monoisotopic (exact) mass is 312 g/mol. The van der Waals surface area contributed by atoms with Gasteiger partial charge < -0.3 is 0 Å². The standard InChI is InChI=1S/C16H12N2Se/c1-3-7-13-11(5-1)9-15(17-13)19-16-10-12-6-2-4-8-14(12)18-16/h1-10,17-18H. The van der Waals surface area contributed by atoms with Crippen LogP contribution in [0.25, 0.3) is 21.8 Å². The number of nitrogens with one attached hydrogen (secondary N) is 2. The zero-order valence-corrected chi connectivity index (χ0v) is 11.9. The van der Waals surface area contributed by atoms with Crippen LogP contribution in [0.1, 0.15) is 0 Å². The van der Waals surface area contributed by atoms with Crippen molar-refractivity contribution in [3.8, 4) is 0 Å².